The second-order valence-electron chi connectivity index (χ2n) is 5.16. The predicted octanol–water partition coefficient (Wildman–Crippen LogP) is 1.59. The van der Waals surface area contributed by atoms with Crippen molar-refractivity contribution < 1.29 is 9.53 Å². The molecular formula is C13H21N3O2S. The summed E-state index contributed by atoms with van der Waals surface area (Å²) in [7, 11) is 3.42. The van der Waals surface area contributed by atoms with Crippen molar-refractivity contribution in [1.82, 2.24) is 14.9 Å². The van der Waals surface area contributed by atoms with Crippen molar-refractivity contribution >= 4 is 17.7 Å². The summed E-state index contributed by atoms with van der Waals surface area (Å²) >= 11 is 1.66. The number of esters is 1. The van der Waals surface area contributed by atoms with E-state index >= 15 is 0 Å². The van der Waals surface area contributed by atoms with Crippen LogP contribution in [0.5, 0.6) is 0 Å². The summed E-state index contributed by atoms with van der Waals surface area (Å²) in [5.41, 5.74) is -0.589. The number of ether oxygens (including phenoxy) is 1. The van der Waals surface area contributed by atoms with Gasteiger partial charge in [0.25, 0.3) is 0 Å². The zero-order valence-electron chi connectivity index (χ0n) is 11.7. The SMILES string of the molecule is COC(=O)C(C)(CCSc1nccn1C)NC1CC1. The van der Waals surface area contributed by atoms with E-state index in [1.165, 1.54) is 7.11 Å². The third-order valence-electron chi connectivity index (χ3n) is 3.35. The molecule has 1 aliphatic carbocycles. The summed E-state index contributed by atoms with van der Waals surface area (Å²) in [5, 5.41) is 4.37. The molecule has 1 fully saturated rings. The minimum absolute atomic E-state index is 0.181. The van der Waals surface area contributed by atoms with Gasteiger partial charge in [-0.25, -0.2) is 4.98 Å². The minimum atomic E-state index is -0.589. The standard InChI is InChI=1S/C13H21N3O2S/c1-13(11(17)18-3,15-10-4-5-10)6-9-19-12-14-7-8-16(12)2/h7-8,10,15H,4-6,9H2,1-3H3. The molecule has 1 unspecified atom stereocenters. The fourth-order valence-electron chi connectivity index (χ4n) is 1.97. The summed E-state index contributed by atoms with van der Waals surface area (Å²) in [6.07, 6.45) is 6.74. The summed E-state index contributed by atoms with van der Waals surface area (Å²) in [4.78, 5) is 16.2. The van der Waals surface area contributed by atoms with E-state index < -0.39 is 5.54 Å². The topological polar surface area (TPSA) is 56.1 Å². The van der Waals surface area contributed by atoms with Crippen LogP contribution < -0.4 is 5.32 Å². The predicted molar refractivity (Wildman–Crippen MR) is 75.1 cm³/mol. The maximum atomic E-state index is 11.9. The van der Waals surface area contributed by atoms with Gasteiger partial charge in [0.2, 0.25) is 0 Å². The van der Waals surface area contributed by atoms with E-state index in [4.69, 9.17) is 4.74 Å². The largest absolute Gasteiger partial charge is 0.468 e. The molecule has 0 aromatic carbocycles. The highest BCUT2D eigenvalue weighted by molar-refractivity contribution is 7.99. The van der Waals surface area contributed by atoms with Gasteiger partial charge in [-0.15, -0.1) is 0 Å². The molecule has 0 amide bonds. The van der Waals surface area contributed by atoms with E-state index in [2.05, 4.69) is 10.3 Å². The molecule has 1 atom stereocenters. The first-order valence-electron chi connectivity index (χ1n) is 6.51. The minimum Gasteiger partial charge on any atom is -0.468 e. The molecule has 1 aromatic heterocycles. The Morgan fingerprint density at radius 2 is 2.42 bits per heavy atom. The van der Waals surface area contributed by atoms with E-state index in [0.29, 0.717) is 6.04 Å². The molecule has 6 heteroatoms. The number of carbonyl (C=O) groups excluding carboxylic acids is 1. The van der Waals surface area contributed by atoms with Crippen LogP contribution in [0.15, 0.2) is 17.6 Å². The van der Waals surface area contributed by atoms with Gasteiger partial charge in [-0.1, -0.05) is 11.8 Å². The number of thioether (sulfide) groups is 1. The monoisotopic (exact) mass is 283 g/mol. The number of carbonyl (C=O) groups is 1. The fourth-order valence-corrected chi connectivity index (χ4v) is 3.07. The van der Waals surface area contributed by atoms with Gasteiger partial charge >= 0.3 is 5.97 Å². The van der Waals surface area contributed by atoms with Gasteiger partial charge in [0.15, 0.2) is 5.16 Å². The van der Waals surface area contributed by atoms with Crippen molar-refractivity contribution in [2.75, 3.05) is 12.9 Å². The maximum Gasteiger partial charge on any atom is 0.325 e. The molecule has 0 spiro atoms. The van der Waals surface area contributed by atoms with Crippen molar-refractivity contribution in [1.29, 1.82) is 0 Å². The number of imidazole rings is 1. The highest BCUT2D eigenvalue weighted by Crippen LogP contribution is 2.27. The third kappa shape index (κ3) is 3.73. The van der Waals surface area contributed by atoms with Crippen LogP contribution in [0.1, 0.15) is 26.2 Å². The first-order valence-corrected chi connectivity index (χ1v) is 7.50. The van der Waals surface area contributed by atoms with Gasteiger partial charge in [-0.2, -0.15) is 0 Å². The van der Waals surface area contributed by atoms with Crippen LogP contribution >= 0.6 is 11.8 Å². The molecule has 19 heavy (non-hydrogen) atoms. The van der Waals surface area contributed by atoms with Crippen LogP contribution in [0.4, 0.5) is 0 Å². The molecule has 1 saturated carbocycles. The average Bonchev–Trinajstić information content (AvgIpc) is 3.10. The molecule has 1 N–H and O–H groups in total. The van der Waals surface area contributed by atoms with Crippen LogP contribution in [0, 0.1) is 0 Å². The Kier molecular flexibility index (Phi) is 4.52. The number of rotatable bonds is 7. The second kappa shape index (κ2) is 5.96. The van der Waals surface area contributed by atoms with E-state index in [9.17, 15) is 4.79 Å². The molecule has 5 nitrogen and oxygen atoms in total. The van der Waals surface area contributed by atoms with Crippen molar-refractivity contribution in [2.24, 2.45) is 7.05 Å². The van der Waals surface area contributed by atoms with E-state index in [-0.39, 0.29) is 5.97 Å². The molecule has 0 radical (unpaired) electrons. The quantitative estimate of drug-likeness (QED) is 0.608. The molecule has 1 aromatic rings. The first-order chi connectivity index (χ1) is 9.05. The zero-order chi connectivity index (χ0) is 13.9. The summed E-state index contributed by atoms with van der Waals surface area (Å²) in [6, 6.07) is 0.474. The Balaban J connectivity index is 1.88. The number of hydrogen-bond donors (Lipinski definition) is 1. The van der Waals surface area contributed by atoms with Gasteiger partial charge in [0.05, 0.1) is 7.11 Å². The van der Waals surface area contributed by atoms with Crippen molar-refractivity contribution in [2.45, 2.75) is 42.9 Å². The molecule has 0 bridgehead atoms. The van der Waals surface area contributed by atoms with Gasteiger partial charge in [-0.05, 0) is 26.2 Å². The van der Waals surface area contributed by atoms with Crippen LogP contribution in [-0.2, 0) is 16.6 Å². The highest BCUT2D eigenvalue weighted by atomic mass is 32.2. The Hall–Kier alpha value is -1.01. The number of hydrogen-bond acceptors (Lipinski definition) is 5. The lowest BCUT2D eigenvalue weighted by molar-refractivity contribution is -0.148. The molecule has 1 aliphatic rings. The lowest BCUT2D eigenvalue weighted by Crippen LogP contribution is -2.51. The molecular weight excluding hydrogens is 262 g/mol. The van der Waals surface area contributed by atoms with Crippen molar-refractivity contribution in [3.63, 3.8) is 0 Å². The summed E-state index contributed by atoms with van der Waals surface area (Å²) in [5.74, 6) is 0.649. The smallest absolute Gasteiger partial charge is 0.325 e. The van der Waals surface area contributed by atoms with Crippen molar-refractivity contribution in [3.8, 4) is 0 Å². The zero-order valence-corrected chi connectivity index (χ0v) is 12.5. The van der Waals surface area contributed by atoms with Crippen LogP contribution in [0.2, 0.25) is 0 Å². The Bertz CT molecular complexity index is 445. The van der Waals surface area contributed by atoms with Gasteiger partial charge < -0.3 is 9.30 Å². The Labute approximate surface area is 118 Å². The molecule has 106 valence electrons. The van der Waals surface area contributed by atoms with Gasteiger partial charge in [0.1, 0.15) is 5.54 Å². The molecule has 0 saturated heterocycles. The molecule has 1 heterocycles. The number of nitrogens with zero attached hydrogens (tertiary/aromatic N) is 2. The van der Waals surface area contributed by atoms with E-state index in [0.717, 1.165) is 30.2 Å². The number of nitrogens with one attached hydrogen (secondary N) is 1. The van der Waals surface area contributed by atoms with Crippen molar-refractivity contribution in [3.05, 3.63) is 12.4 Å². The lowest BCUT2D eigenvalue weighted by atomic mass is 9.99. The highest BCUT2D eigenvalue weighted by Gasteiger charge is 2.38. The first kappa shape index (κ1) is 14.4. The van der Waals surface area contributed by atoms with Crippen LogP contribution in [0.25, 0.3) is 0 Å². The second-order valence-corrected chi connectivity index (χ2v) is 6.22. The number of methoxy groups -OCH3 is 1. The van der Waals surface area contributed by atoms with Gasteiger partial charge in [0, 0.05) is 31.2 Å². The van der Waals surface area contributed by atoms with Crippen LogP contribution in [-0.4, -0.2) is 40.0 Å². The number of aryl methyl sites for hydroxylation is 1. The molecule has 0 aliphatic heterocycles. The van der Waals surface area contributed by atoms with E-state index in [1.807, 2.05) is 24.7 Å². The number of aromatic nitrogens is 2. The Morgan fingerprint density at radius 3 is 2.95 bits per heavy atom. The summed E-state index contributed by atoms with van der Waals surface area (Å²) in [6.45, 7) is 1.93. The average molecular weight is 283 g/mol. The fraction of sp³-hybridized carbons (Fsp3) is 0.692. The maximum absolute atomic E-state index is 11.9. The Morgan fingerprint density at radius 1 is 1.68 bits per heavy atom. The van der Waals surface area contributed by atoms with Crippen LogP contribution in [0.3, 0.4) is 0 Å². The van der Waals surface area contributed by atoms with Gasteiger partial charge in [-0.3, -0.25) is 10.1 Å². The molecule has 2 rings (SSSR count). The lowest BCUT2D eigenvalue weighted by Gasteiger charge is -2.27. The normalized spacial score (nSPS) is 18.1. The summed E-state index contributed by atoms with van der Waals surface area (Å²) < 4.78 is 6.90. The third-order valence-corrected chi connectivity index (χ3v) is 4.41. The van der Waals surface area contributed by atoms with E-state index in [1.54, 1.807) is 18.0 Å².